The highest BCUT2D eigenvalue weighted by Crippen LogP contribution is 2.36. The molecule has 12 heteroatoms. The SMILES string of the molecule is CN1/C(=C(Cl)\C=C(/C=O)Nc2ccncn2)C(=O)NC12CCN(CC(F)(F)F)CC2. The van der Waals surface area contributed by atoms with E-state index >= 15 is 0 Å². The summed E-state index contributed by atoms with van der Waals surface area (Å²) in [7, 11) is 1.65. The van der Waals surface area contributed by atoms with Gasteiger partial charge in [-0.3, -0.25) is 14.5 Å². The average molecular weight is 445 g/mol. The Bertz CT molecular complexity index is 866. The van der Waals surface area contributed by atoms with E-state index in [0.717, 1.165) is 0 Å². The van der Waals surface area contributed by atoms with E-state index in [1.807, 2.05) is 0 Å². The van der Waals surface area contributed by atoms with Crippen LogP contribution >= 0.6 is 11.6 Å². The zero-order valence-corrected chi connectivity index (χ0v) is 16.8. The van der Waals surface area contributed by atoms with Crippen LogP contribution in [0.4, 0.5) is 19.0 Å². The molecule has 162 valence electrons. The first kappa shape index (κ1) is 22.0. The number of carbonyl (C=O) groups is 2. The number of aldehydes is 1. The number of alkyl halides is 3. The Labute approximate surface area is 175 Å². The highest BCUT2D eigenvalue weighted by Gasteiger charge is 2.48. The van der Waals surface area contributed by atoms with Gasteiger partial charge in [0.05, 0.1) is 17.3 Å². The summed E-state index contributed by atoms with van der Waals surface area (Å²) in [6.07, 6.45) is 0.979. The Morgan fingerprint density at radius 2 is 2.10 bits per heavy atom. The molecule has 2 aliphatic rings. The molecule has 30 heavy (non-hydrogen) atoms. The zero-order valence-electron chi connectivity index (χ0n) is 16.0. The number of aromatic nitrogens is 2. The van der Waals surface area contributed by atoms with Gasteiger partial charge in [0.15, 0.2) is 6.29 Å². The minimum atomic E-state index is -4.27. The maximum atomic E-state index is 12.6. The van der Waals surface area contributed by atoms with Gasteiger partial charge in [0.1, 0.15) is 23.5 Å². The molecule has 2 aliphatic heterocycles. The minimum absolute atomic E-state index is 0.0215. The van der Waals surface area contributed by atoms with E-state index in [-0.39, 0.29) is 29.5 Å². The molecule has 0 atom stereocenters. The summed E-state index contributed by atoms with van der Waals surface area (Å²) in [6, 6.07) is 1.55. The maximum Gasteiger partial charge on any atom is 0.401 e. The van der Waals surface area contributed by atoms with Crippen molar-refractivity contribution in [2.75, 3.05) is 32.0 Å². The molecule has 1 aromatic rings. The van der Waals surface area contributed by atoms with Crippen LogP contribution in [0.2, 0.25) is 0 Å². The summed E-state index contributed by atoms with van der Waals surface area (Å²) in [4.78, 5) is 34.7. The Hall–Kier alpha value is -2.66. The Kier molecular flexibility index (Phi) is 6.32. The Morgan fingerprint density at radius 1 is 1.40 bits per heavy atom. The molecule has 3 heterocycles. The number of nitrogens with zero attached hydrogens (tertiary/aromatic N) is 4. The van der Waals surface area contributed by atoms with Gasteiger partial charge < -0.3 is 15.5 Å². The topological polar surface area (TPSA) is 90.5 Å². The van der Waals surface area contributed by atoms with Gasteiger partial charge in [0, 0.05) is 39.2 Å². The van der Waals surface area contributed by atoms with Gasteiger partial charge in [-0.15, -0.1) is 0 Å². The van der Waals surface area contributed by atoms with Gasteiger partial charge in [-0.1, -0.05) is 11.6 Å². The first-order valence-corrected chi connectivity index (χ1v) is 9.46. The van der Waals surface area contributed by atoms with Crippen molar-refractivity contribution in [2.24, 2.45) is 0 Å². The number of amides is 1. The molecule has 8 nitrogen and oxygen atoms in total. The van der Waals surface area contributed by atoms with Gasteiger partial charge >= 0.3 is 6.18 Å². The number of likely N-dealkylation sites (tertiary alicyclic amines) is 1. The summed E-state index contributed by atoms with van der Waals surface area (Å²) in [5.74, 6) is -0.0779. The van der Waals surface area contributed by atoms with Crippen molar-refractivity contribution in [2.45, 2.75) is 24.7 Å². The van der Waals surface area contributed by atoms with Crippen LogP contribution in [-0.2, 0) is 9.59 Å². The normalized spacial score (nSPS) is 21.6. The van der Waals surface area contributed by atoms with Crippen LogP contribution in [0.25, 0.3) is 0 Å². The molecule has 1 amide bonds. The second-order valence-electron chi connectivity index (χ2n) is 7.07. The fourth-order valence-electron chi connectivity index (χ4n) is 3.60. The molecular formula is C18H20ClF3N6O2. The van der Waals surface area contributed by atoms with Crippen LogP contribution in [0.5, 0.6) is 0 Å². The van der Waals surface area contributed by atoms with Crippen molar-refractivity contribution < 1.29 is 22.8 Å². The van der Waals surface area contributed by atoms with E-state index in [4.69, 9.17) is 11.6 Å². The van der Waals surface area contributed by atoms with Crippen molar-refractivity contribution in [1.82, 2.24) is 25.1 Å². The number of hydrogen-bond acceptors (Lipinski definition) is 7. The zero-order chi connectivity index (χ0) is 21.9. The van der Waals surface area contributed by atoms with Gasteiger partial charge in [-0.25, -0.2) is 9.97 Å². The van der Waals surface area contributed by atoms with E-state index in [1.165, 1.54) is 23.5 Å². The van der Waals surface area contributed by atoms with Crippen LogP contribution in [0.3, 0.4) is 0 Å². The molecule has 3 rings (SSSR count). The lowest BCUT2D eigenvalue weighted by molar-refractivity contribution is -0.151. The predicted octanol–water partition coefficient (Wildman–Crippen LogP) is 1.84. The van der Waals surface area contributed by atoms with Crippen LogP contribution in [0.15, 0.2) is 41.1 Å². The number of piperidine rings is 1. The lowest BCUT2D eigenvalue weighted by Gasteiger charge is -2.43. The monoisotopic (exact) mass is 444 g/mol. The highest BCUT2D eigenvalue weighted by atomic mass is 35.5. The number of halogens is 4. The molecule has 2 saturated heterocycles. The molecule has 0 aromatic carbocycles. The highest BCUT2D eigenvalue weighted by molar-refractivity contribution is 6.33. The third kappa shape index (κ3) is 4.90. The molecule has 2 N–H and O–H groups in total. The van der Waals surface area contributed by atoms with Crippen molar-refractivity contribution in [3.05, 3.63) is 41.1 Å². The Balaban J connectivity index is 1.77. The lowest BCUT2D eigenvalue weighted by atomic mass is 9.96. The maximum absolute atomic E-state index is 12.6. The van der Waals surface area contributed by atoms with Crippen molar-refractivity contribution in [1.29, 1.82) is 0 Å². The molecule has 0 aliphatic carbocycles. The van der Waals surface area contributed by atoms with Crippen molar-refractivity contribution in [3.63, 3.8) is 0 Å². The van der Waals surface area contributed by atoms with E-state index in [0.29, 0.717) is 24.9 Å². The first-order chi connectivity index (χ1) is 14.1. The van der Waals surface area contributed by atoms with Crippen LogP contribution in [0, 0.1) is 0 Å². The quantitative estimate of drug-likeness (QED) is 0.529. The summed E-state index contributed by atoms with van der Waals surface area (Å²) in [6.45, 7) is -0.621. The van der Waals surface area contributed by atoms with Crippen molar-refractivity contribution in [3.8, 4) is 0 Å². The summed E-state index contributed by atoms with van der Waals surface area (Å²) in [5.41, 5.74) is -0.595. The first-order valence-electron chi connectivity index (χ1n) is 9.09. The summed E-state index contributed by atoms with van der Waals surface area (Å²) >= 11 is 6.34. The molecule has 0 bridgehead atoms. The van der Waals surface area contributed by atoms with Crippen LogP contribution in [0.1, 0.15) is 12.8 Å². The summed E-state index contributed by atoms with van der Waals surface area (Å²) in [5, 5.41) is 5.65. The fourth-order valence-corrected chi connectivity index (χ4v) is 3.93. The molecule has 0 saturated carbocycles. The fraction of sp³-hybridized carbons (Fsp3) is 0.444. The standard InChI is InChI=1S/C18H20ClF3N6O2/c1-27-15(13(19)8-12(9-29)25-14-2-5-23-11-24-14)16(30)26-17(27)3-6-28(7-4-17)10-18(20,21)22/h2,5,8-9,11H,3-4,6-7,10H2,1H3,(H,26,30)(H,23,24,25)/b12-8+,15-13+. The number of anilines is 1. The molecule has 0 radical (unpaired) electrons. The molecule has 2 fully saturated rings. The largest absolute Gasteiger partial charge is 0.401 e. The number of rotatable bonds is 5. The number of likely N-dealkylation sites (N-methyl/N-ethyl adjacent to an activating group) is 1. The molecule has 1 aromatic heterocycles. The third-order valence-corrected chi connectivity index (χ3v) is 5.40. The van der Waals surface area contributed by atoms with Gasteiger partial charge in [0.25, 0.3) is 5.91 Å². The smallest absolute Gasteiger partial charge is 0.346 e. The Morgan fingerprint density at radius 3 is 2.67 bits per heavy atom. The second-order valence-corrected chi connectivity index (χ2v) is 7.48. The predicted molar refractivity (Wildman–Crippen MR) is 103 cm³/mol. The van der Waals surface area contributed by atoms with E-state index in [2.05, 4.69) is 20.6 Å². The molecule has 1 spiro atoms. The van der Waals surface area contributed by atoms with Crippen molar-refractivity contribution >= 4 is 29.6 Å². The van der Waals surface area contributed by atoms with Crippen LogP contribution in [-0.4, -0.2) is 70.5 Å². The van der Waals surface area contributed by atoms with E-state index < -0.39 is 24.3 Å². The third-order valence-electron chi connectivity index (χ3n) is 5.11. The van der Waals surface area contributed by atoms with Gasteiger partial charge in [-0.2, -0.15) is 13.2 Å². The lowest BCUT2D eigenvalue weighted by Crippen LogP contribution is -2.58. The number of nitrogens with one attached hydrogen (secondary N) is 2. The summed E-state index contributed by atoms with van der Waals surface area (Å²) < 4.78 is 37.9. The van der Waals surface area contributed by atoms with E-state index in [1.54, 1.807) is 18.0 Å². The minimum Gasteiger partial charge on any atom is -0.346 e. The van der Waals surface area contributed by atoms with E-state index in [9.17, 15) is 22.8 Å². The number of carbonyl (C=O) groups excluding carboxylic acids is 2. The molecule has 0 unspecified atom stereocenters. The molecular weight excluding hydrogens is 425 g/mol. The van der Waals surface area contributed by atoms with Gasteiger partial charge in [-0.05, 0) is 12.1 Å². The van der Waals surface area contributed by atoms with Gasteiger partial charge in [0.2, 0.25) is 0 Å². The van der Waals surface area contributed by atoms with Crippen LogP contribution < -0.4 is 10.6 Å². The average Bonchev–Trinajstić information content (AvgIpc) is 2.92. The number of hydrogen-bond donors (Lipinski definition) is 2. The number of allylic oxidation sites excluding steroid dienone is 3. The second kappa shape index (κ2) is 8.60.